The number of anilines is 2. The molecule has 33 heavy (non-hydrogen) atoms. The molecule has 1 amide bonds. The Labute approximate surface area is 195 Å². The Kier molecular flexibility index (Phi) is 5.46. The number of fused-ring (bicyclic) bond motifs is 2. The van der Waals surface area contributed by atoms with Gasteiger partial charge in [0.15, 0.2) is 0 Å². The second-order valence-electron chi connectivity index (χ2n) is 9.66. The van der Waals surface area contributed by atoms with Gasteiger partial charge in [0.05, 0.1) is 6.04 Å². The van der Waals surface area contributed by atoms with Crippen molar-refractivity contribution in [1.82, 2.24) is 14.8 Å². The molecule has 172 valence electrons. The minimum Gasteiger partial charge on any atom is -0.380 e. The molecule has 6 heteroatoms. The van der Waals surface area contributed by atoms with Crippen LogP contribution in [0.1, 0.15) is 24.8 Å². The molecule has 0 bridgehead atoms. The van der Waals surface area contributed by atoms with Gasteiger partial charge in [0.25, 0.3) is 0 Å². The molecule has 2 N–H and O–H groups in total. The van der Waals surface area contributed by atoms with E-state index in [2.05, 4.69) is 73.5 Å². The summed E-state index contributed by atoms with van der Waals surface area (Å²) in [5, 5.41) is 5.03. The van der Waals surface area contributed by atoms with E-state index >= 15 is 0 Å². The van der Waals surface area contributed by atoms with Crippen LogP contribution in [-0.2, 0) is 11.2 Å². The van der Waals surface area contributed by atoms with E-state index in [0.717, 1.165) is 65.0 Å². The van der Waals surface area contributed by atoms with Gasteiger partial charge in [0.1, 0.15) is 6.04 Å². The second kappa shape index (κ2) is 8.75. The van der Waals surface area contributed by atoms with Crippen LogP contribution >= 0.6 is 0 Å². The molecule has 3 aliphatic heterocycles. The van der Waals surface area contributed by atoms with Gasteiger partial charge >= 0.3 is 0 Å². The van der Waals surface area contributed by atoms with Crippen molar-refractivity contribution in [3.05, 3.63) is 60.3 Å². The van der Waals surface area contributed by atoms with Gasteiger partial charge in [-0.25, -0.2) is 0 Å². The van der Waals surface area contributed by atoms with Gasteiger partial charge in [-0.05, 0) is 55.5 Å². The third-order valence-corrected chi connectivity index (χ3v) is 7.76. The highest BCUT2D eigenvalue weighted by atomic mass is 16.2. The molecule has 1 aromatic heterocycles. The van der Waals surface area contributed by atoms with E-state index in [-0.39, 0.29) is 12.1 Å². The Balaban J connectivity index is 1.22. The normalized spacial score (nSPS) is 22.2. The second-order valence-corrected chi connectivity index (χ2v) is 9.66. The lowest BCUT2D eigenvalue weighted by Gasteiger charge is -2.44. The Morgan fingerprint density at radius 3 is 2.58 bits per heavy atom. The van der Waals surface area contributed by atoms with Gasteiger partial charge in [-0.1, -0.05) is 24.3 Å². The van der Waals surface area contributed by atoms with Gasteiger partial charge in [-0.3, -0.25) is 9.69 Å². The number of likely N-dealkylation sites (tertiary alicyclic amines) is 1. The monoisotopic (exact) mass is 443 g/mol. The maximum Gasteiger partial charge on any atom is 0.242 e. The minimum atomic E-state index is -0.0957. The molecule has 6 nitrogen and oxygen atoms in total. The van der Waals surface area contributed by atoms with E-state index in [1.54, 1.807) is 0 Å². The number of benzene rings is 2. The average molecular weight is 444 g/mol. The smallest absolute Gasteiger partial charge is 0.242 e. The predicted molar refractivity (Wildman–Crippen MR) is 134 cm³/mol. The molecule has 2 saturated heterocycles. The number of hydrogen-bond donors (Lipinski definition) is 2. The van der Waals surface area contributed by atoms with Gasteiger partial charge in [0, 0.05) is 67.7 Å². The first-order chi connectivity index (χ1) is 16.3. The summed E-state index contributed by atoms with van der Waals surface area (Å²) < 4.78 is 0. The fourth-order valence-corrected chi connectivity index (χ4v) is 5.99. The molecule has 2 aromatic carbocycles. The van der Waals surface area contributed by atoms with E-state index in [0.29, 0.717) is 5.91 Å². The largest absolute Gasteiger partial charge is 0.380 e. The Hall–Kier alpha value is -2.99. The zero-order valence-corrected chi connectivity index (χ0v) is 19.2. The van der Waals surface area contributed by atoms with Crippen molar-refractivity contribution in [1.29, 1.82) is 0 Å². The quantitative estimate of drug-likeness (QED) is 0.646. The molecule has 2 fully saturated rings. The number of nitrogens with zero attached hydrogens (tertiary/aromatic N) is 3. The summed E-state index contributed by atoms with van der Waals surface area (Å²) in [7, 11) is 0. The number of H-pyrrole nitrogens is 1. The zero-order chi connectivity index (χ0) is 22.2. The van der Waals surface area contributed by atoms with Crippen LogP contribution in [0.4, 0.5) is 11.4 Å². The topological polar surface area (TPSA) is 54.6 Å². The SMILES string of the molecule is O=C(C(C1CCc2ccccc2N1)N1CCN(c2cccc3[nH]ccc23)CC1)N1CCCC1. The van der Waals surface area contributed by atoms with E-state index < -0.39 is 0 Å². The molecule has 0 radical (unpaired) electrons. The van der Waals surface area contributed by atoms with Crippen molar-refractivity contribution in [3.8, 4) is 0 Å². The van der Waals surface area contributed by atoms with Crippen LogP contribution in [0.2, 0.25) is 0 Å². The lowest BCUT2D eigenvalue weighted by molar-refractivity contribution is -0.136. The third-order valence-electron chi connectivity index (χ3n) is 7.76. The predicted octanol–water partition coefficient (Wildman–Crippen LogP) is 3.71. The third kappa shape index (κ3) is 3.86. The first kappa shape index (κ1) is 20.6. The minimum absolute atomic E-state index is 0.0957. The number of carbonyl (C=O) groups excluding carboxylic acids is 1. The maximum atomic E-state index is 13.8. The standard InChI is InChI=1S/C27H33N5O/c33-27(32-14-3-4-15-32)26(24-11-10-20-6-1-2-7-22(20)29-24)31-18-16-30(17-19-31)25-9-5-8-23-21(25)12-13-28-23/h1-2,5-9,12-13,24,26,28-29H,3-4,10-11,14-19H2. The number of rotatable bonds is 4. The van der Waals surface area contributed by atoms with E-state index in [4.69, 9.17) is 0 Å². The molecular formula is C27H33N5O. The number of carbonyl (C=O) groups is 1. The van der Waals surface area contributed by atoms with Crippen molar-refractivity contribution in [2.75, 3.05) is 49.5 Å². The first-order valence-corrected chi connectivity index (χ1v) is 12.5. The number of aryl methyl sites for hydroxylation is 1. The summed E-state index contributed by atoms with van der Waals surface area (Å²) in [6.07, 6.45) is 6.32. The molecule has 0 spiro atoms. The number of aromatic amines is 1. The molecule has 0 saturated carbocycles. The van der Waals surface area contributed by atoms with E-state index in [1.165, 1.54) is 27.8 Å². The van der Waals surface area contributed by atoms with Crippen LogP contribution in [0.5, 0.6) is 0 Å². The van der Waals surface area contributed by atoms with Crippen LogP contribution in [0.15, 0.2) is 54.7 Å². The number of nitrogens with one attached hydrogen (secondary N) is 2. The Morgan fingerprint density at radius 2 is 1.73 bits per heavy atom. The van der Waals surface area contributed by atoms with Crippen molar-refractivity contribution < 1.29 is 4.79 Å². The highest BCUT2D eigenvalue weighted by Gasteiger charge is 2.39. The number of aromatic nitrogens is 1. The molecule has 2 atom stereocenters. The lowest BCUT2D eigenvalue weighted by Crippen LogP contribution is -2.61. The van der Waals surface area contributed by atoms with Crippen molar-refractivity contribution in [2.24, 2.45) is 0 Å². The van der Waals surface area contributed by atoms with Gasteiger partial charge < -0.3 is 20.1 Å². The van der Waals surface area contributed by atoms with Gasteiger partial charge in [-0.15, -0.1) is 0 Å². The molecule has 6 rings (SSSR count). The summed E-state index contributed by atoms with van der Waals surface area (Å²) in [5.74, 6) is 0.325. The van der Waals surface area contributed by atoms with Crippen molar-refractivity contribution in [3.63, 3.8) is 0 Å². The molecule has 3 aromatic rings. The summed E-state index contributed by atoms with van der Waals surface area (Å²) >= 11 is 0. The van der Waals surface area contributed by atoms with Crippen LogP contribution in [-0.4, -0.2) is 72.0 Å². The summed E-state index contributed by atoms with van der Waals surface area (Å²) in [6, 6.07) is 17.3. The number of hydrogen-bond acceptors (Lipinski definition) is 4. The molecule has 3 aliphatic rings. The van der Waals surface area contributed by atoms with Crippen molar-refractivity contribution in [2.45, 2.75) is 37.8 Å². The van der Waals surface area contributed by atoms with Gasteiger partial charge in [0.2, 0.25) is 5.91 Å². The lowest BCUT2D eigenvalue weighted by atomic mass is 9.91. The first-order valence-electron chi connectivity index (χ1n) is 12.5. The Morgan fingerprint density at radius 1 is 0.909 bits per heavy atom. The van der Waals surface area contributed by atoms with Crippen LogP contribution in [0.25, 0.3) is 10.9 Å². The highest BCUT2D eigenvalue weighted by molar-refractivity contribution is 5.92. The van der Waals surface area contributed by atoms with Crippen molar-refractivity contribution >= 4 is 28.2 Å². The van der Waals surface area contributed by atoms with Crippen LogP contribution in [0.3, 0.4) is 0 Å². The molecular weight excluding hydrogens is 410 g/mol. The van der Waals surface area contributed by atoms with Gasteiger partial charge in [-0.2, -0.15) is 0 Å². The van der Waals surface area contributed by atoms with Crippen LogP contribution < -0.4 is 10.2 Å². The molecule has 2 unspecified atom stereocenters. The fourth-order valence-electron chi connectivity index (χ4n) is 5.99. The summed E-state index contributed by atoms with van der Waals surface area (Å²) in [4.78, 5) is 24.2. The molecule has 0 aliphatic carbocycles. The number of piperazine rings is 1. The molecule has 4 heterocycles. The number of amides is 1. The van der Waals surface area contributed by atoms with Crippen LogP contribution in [0, 0.1) is 0 Å². The maximum absolute atomic E-state index is 13.8. The summed E-state index contributed by atoms with van der Waals surface area (Å²) in [6.45, 7) is 5.52. The van der Waals surface area contributed by atoms with E-state index in [1.807, 2.05) is 6.20 Å². The number of para-hydroxylation sites is 1. The van der Waals surface area contributed by atoms with E-state index in [9.17, 15) is 4.79 Å². The Bertz CT molecular complexity index is 1130. The average Bonchev–Trinajstić information content (AvgIpc) is 3.57. The summed E-state index contributed by atoms with van der Waals surface area (Å²) in [5.41, 5.74) is 5.04. The zero-order valence-electron chi connectivity index (χ0n) is 19.2. The highest BCUT2D eigenvalue weighted by Crippen LogP contribution is 2.31. The fraction of sp³-hybridized carbons (Fsp3) is 0.444.